The van der Waals surface area contributed by atoms with Gasteiger partial charge in [0.15, 0.2) is 5.82 Å². The van der Waals surface area contributed by atoms with Crippen molar-refractivity contribution in [3.63, 3.8) is 0 Å². The topological polar surface area (TPSA) is 62.7 Å². The standard InChI is InChI=1S/C13H11F2N3O/c1-8(7-16)2-13-17-12(18-19-13)5-9-3-10(14)6-11(15)4-9/h3-4,6,8H,2,5H2,1H3. The van der Waals surface area contributed by atoms with Gasteiger partial charge < -0.3 is 4.52 Å². The summed E-state index contributed by atoms with van der Waals surface area (Å²) in [6, 6.07) is 5.30. The average molecular weight is 263 g/mol. The minimum Gasteiger partial charge on any atom is -0.339 e. The van der Waals surface area contributed by atoms with Crippen LogP contribution in [0.2, 0.25) is 0 Å². The van der Waals surface area contributed by atoms with Gasteiger partial charge in [0.25, 0.3) is 0 Å². The minimum atomic E-state index is -0.642. The molecule has 0 spiro atoms. The summed E-state index contributed by atoms with van der Waals surface area (Å²) in [6.45, 7) is 1.74. The predicted molar refractivity (Wildman–Crippen MR) is 61.9 cm³/mol. The second-order valence-electron chi connectivity index (χ2n) is 4.29. The molecule has 6 heteroatoms. The summed E-state index contributed by atoms with van der Waals surface area (Å²) in [4.78, 5) is 4.08. The van der Waals surface area contributed by atoms with Crippen LogP contribution < -0.4 is 0 Å². The number of hydrogen-bond donors (Lipinski definition) is 0. The van der Waals surface area contributed by atoms with Gasteiger partial charge >= 0.3 is 0 Å². The van der Waals surface area contributed by atoms with Crippen molar-refractivity contribution in [1.29, 1.82) is 5.26 Å². The normalized spacial score (nSPS) is 12.1. The first-order chi connectivity index (χ1) is 9.06. The van der Waals surface area contributed by atoms with E-state index in [4.69, 9.17) is 9.78 Å². The highest BCUT2D eigenvalue weighted by Crippen LogP contribution is 2.12. The Labute approximate surface area is 108 Å². The highest BCUT2D eigenvalue weighted by atomic mass is 19.1. The molecule has 4 nitrogen and oxygen atoms in total. The zero-order chi connectivity index (χ0) is 13.8. The number of hydrogen-bond acceptors (Lipinski definition) is 4. The third kappa shape index (κ3) is 3.58. The van der Waals surface area contributed by atoms with Crippen molar-refractivity contribution < 1.29 is 13.3 Å². The lowest BCUT2D eigenvalue weighted by molar-refractivity contribution is 0.365. The Kier molecular flexibility index (Phi) is 3.85. The van der Waals surface area contributed by atoms with Crippen molar-refractivity contribution in [3.8, 4) is 6.07 Å². The van der Waals surface area contributed by atoms with E-state index < -0.39 is 11.6 Å². The smallest absolute Gasteiger partial charge is 0.227 e. The summed E-state index contributed by atoms with van der Waals surface area (Å²) in [7, 11) is 0. The molecule has 1 unspecified atom stereocenters. The van der Waals surface area contributed by atoms with Crippen LogP contribution in [0.1, 0.15) is 24.2 Å². The van der Waals surface area contributed by atoms with Gasteiger partial charge in [-0.2, -0.15) is 10.2 Å². The van der Waals surface area contributed by atoms with Crippen LogP contribution in [0, 0.1) is 28.9 Å². The van der Waals surface area contributed by atoms with Gasteiger partial charge in [0.05, 0.1) is 12.0 Å². The van der Waals surface area contributed by atoms with E-state index in [2.05, 4.69) is 16.2 Å². The second kappa shape index (κ2) is 5.57. The molecule has 1 aromatic carbocycles. The molecule has 1 aromatic heterocycles. The fourth-order valence-electron chi connectivity index (χ4n) is 1.65. The summed E-state index contributed by atoms with van der Waals surface area (Å²) in [6.07, 6.45) is 0.542. The maximum absolute atomic E-state index is 13.0. The monoisotopic (exact) mass is 263 g/mol. The van der Waals surface area contributed by atoms with Crippen LogP contribution in [0.15, 0.2) is 22.7 Å². The SMILES string of the molecule is CC(C#N)Cc1nc(Cc2cc(F)cc(F)c2)no1. The lowest BCUT2D eigenvalue weighted by atomic mass is 10.1. The largest absolute Gasteiger partial charge is 0.339 e. The molecular formula is C13H11F2N3O. The number of nitrogens with zero attached hydrogens (tertiary/aromatic N) is 3. The Morgan fingerprint density at radius 3 is 2.63 bits per heavy atom. The lowest BCUT2D eigenvalue weighted by Gasteiger charge is -1.98. The first-order valence-corrected chi connectivity index (χ1v) is 5.73. The van der Waals surface area contributed by atoms with E-state index in [1.807, 2.05) is 0 Å². The first-order valence-electron chi connectivity index (χ1n) is 5.73. The molecule has 1 atom stereocenters. The molecule has 0 aliphatic rings. The highest BCUT2D eigenvalue weighted by Gasteiger charge is 2.11. The van der Waals surface area contributed by atoms with Crippen LogP contribution in [0.25, 0.3) is 0 Å². The number of rotatable bonds is 4. The molecule has 0 aliphatic carbocycles. The molecule has 0 amide bonds. The van der Waals surface area contributed by atoms with Crippen LogP contribution in [0.3, 0.4) is 0 Å². The zero-order valence-corrected chi connectivity index (χ0v) is 10.2. The van der Waals surface area contributed by atoms with Crippen molar-refractivity contribution in [2.24, 2.45) is 5.92 Å². The summed E-state index contributed by atoms with van der Waals surface area (Å²) < 4.78 is 31.0. The third-order valence-electron chi connectivity index (χ3n) is 2.50. The van der Waals surface area contributed by atoms with Crippen molar-refractivity contribution in [2.75, 3.05) is 0 Å². The third-order valence-corrected chi connectivity index (χ3v) is 2.50. The van der Waals surface area contributed by atoms with Gasteiger partial charge in [0.1, 0.15) is 11.6 Å². The van der Waals surface area contributed by atoms with Crippen LogP contribution in [0.5, 0.6) is 0 Å². The Balaban J connectivity index is 2.09. The van der Waals surface area contributed by atoms with E-state index >= 15 is 0 Å². The van der Waals surface area contributed by atoms with Gasteiger partial charge in [-0.05, 0) is 24.6 Å². The fourth-order valence-corrected chi connectivity index (χ4v) is 1.65. The van der Waals surface area contributed by atoms with E-state index in [0.29, 0.717) is 23.7 Å². The van der Waals surface area contributed by atoms with E-state index in [-0.39, 0.29) is 12.3 Å². The van der Waals surface area contributed by atoms with Gasteiger partial charge in [-0.3, -0.25) is 0 Å². The fraction of sp³-hybridized carbons (Fsp3) is 0.308. The molecular weight excluding hydrogens is 252 g/mol. The molecule has 1 heterocycles. The van der Waals surface area contributed by atoms with Gasteiger partial charge in [0, 0.05) is 18.9 Å². The first kappa shape index (κ1) is 13.1. The van der Waals surface area contributed by atoms with E-state index in [1.54, 1.807) is 6.92 Å². The molecule has 0 saturated carbocycles. The van der Waals surface area contributed by atoms with Gasteiger partial charge in [-0.25, -0.2) is 8.78 Å². The summed E-state index contributed by atoms with van der Waals surface area (Å²) >= 11 is 0. The van der Waals surface area contributed by atoms with Crippen molar-refractivity contribution in [1.82, 2.24) is 10.1 Å². The van der Waals surface area contributed by atoms with Crippen molar-refractivity contribution in [2.45, 2.75) is 19.8 Å². The maximum atomic E-state index is 13.0. The molecule has 0 bridgehead atoms. The van der Waals surface area contributed by atoms with Crippen LogP contribution in [-0.4, -0.2) is 10.1 Å². The molecule has 0 fully saturated rings. The quantitative estimate of drug-likeness (QED) is 0.850. The maximum Gasteiger partial charge on any atom is 0.227 e. The number of aromatic nitrogens is 2. The lowest BCUT2D eigenvalue weighted by Crippen LogP contribution is -1.97. The number of nitriles is 1. The number of halogens is 2. The summed E-state index contributed by atoms with van der Waals surface area (Å²) in [5.74, 6) is -0.820. The van der Waals surface area contributed by atoms with Crippen molar-refractivity contribution >= 4 is 0 Å². The molecule has 0 saturated heterocycles. The Hall–Kier alpha value is -2.29. The van der Waals surface area contributed by atoms with Crippen LogP contribution in [0.4, 0.5) is 8.78 Å². The predicted octanol–water partition coefficient (Wildman–Crippen LogP) is 2.64. The van der Waals surface area contributed by atoms with Gasteiger partial charge in [-0.1, -0.05) is 5.16 Å². The highest BCUT2D eigenvalue weighted by molar-refractivity contribution is 5.21. The molecule has 0 N–H and O–H groups in total. The van der Waals surface area contributed by atoms with E-state index in [0.717, 1.165) is 6.07 Å². The Morgan fingerprint density at radius 2 is 2.00 bits per heavy atom. The zero-order valence-electron chi connectivity index (χ0n) is 10.2. The summed E-state index contributed by atoms with van der Waals surface area (Å²) in [5.41, 5.74) is 0.429. The van der Waals surface area contributed by atoms with Gasteiger partial charge in [-0.15, -0.1) is 0 Å². The number of benzene rings is 1. The van der Waals surface area contributed by atoms with Crippen LogP contribution in [-0.2, 0) is 12.8 Å². The average Bonchev–Trinajstić information content (AvgIpc) is 2.74. The van der Waals surface area contributed by atoms with Crippen LogP contribution >= 0.6 is 0 Å². The Morgan fingerprint density at radius 1 is 1.32 bits per heavy atom. The molecule has 2 rings (SSSR count). The van der Waals surface area contributed by atoms with E-state index in [1.165, 1.54) is 12.1 Å². The molecule has 0 radical (unpaired) electrons. The molecule has 19 heavy (non-hydrogen) atoms. The molecule has 98 valence electrons. The van der Waals surface area contributed by atoms with Gasteiger partial charge in [0.2, 0.25) is 5.89 Å². The Bertz CT molecular complexity index is 598. The summed E-state index contributed by atoms with van der Waals surface area (Å²) in [5, 5.41) is 12.4. The van der Waals surface area contributed by atoms with Crippen molar-refractivity contribution in [3.05, 3.63) is 47.1 Å². The minimum absolute atomic E-state index is 0.180. The van der Waals surface area contributed by atoms with E-state index in [9.17, 15) is 8.78 Å². The molecule has 0 aliphatic heterocycles. The second-order valence-corrected chi connectivity index (χ2v) is 4.29. The molecule has 2 aromatic rings.